The van der Waals surface area contributed by atoms with Crippen molar-refractivity contribution >= 4 is 158 Å². The van der Waals surface area contributed by atoms with Crippen molar-refractivity contribution < 1.29 is 33.6 Å². The van der Waals surface area contributed by atoms with Gasteiger partial charge in [-0.1, -0.05) is 48.5 Å². The standard InChI is InChI=1S/C20H23N3O.C19H20FN3O.2C19H22N4.C18H19N3O.C16H16F2N4O/c1-13-7-18(22-11-14-9-20(2,24)10-14)17-4-3-15(8-19(17)23-13)16-5-6-21-12-16;1-11-6-18(23-13-2-3-14(24)7-13)16-8-17(20)15(9-19(16)22-11)12-4-5-21-10-12;2*1-13-9-18(22-16-6-8-23(2)12-16)17-4-3-14(10-19(17)21-13)15-5-7-20-11-15;1-11-6-16(20-10-14-8-18(14)22)15-3-2-12(7-17(15)21-11)13-4-5-19-9-13;1-10-5-14(19-3-2-4-23)12-6-13(18)16(7-15(12)21-10)22-9-11(17)8-20-22/h3-8,14,24H,9-12H2,1-2H3,(H,22,23);4-6,8-9,13-14,24H,2-3,7,10H2,1H3,(H,22,23);2*3-5,7,9-10,16H,6,8,11-12H2,1-2H3,(H,21,22);2-7,14,18,22H,8-10H2,1H3,(H,20,21);5-9,23H,2-4H2,1H3,(H,19,21)/t;13-,14-;2*16-;;/m.010../s1. The summed E-state index contributed by atoms with van der Waals surface area (Å²) >= 11 is 0. The van der Waals surface area contributed by atoms with Gasteiger partial charge in [-0.15, -0.1) is 0 Å². The third kappa shape index (κ3) is 23.7. The average Bonchev–Trinajstić information content (AvgIpc) is 1.75. The molecule has 7 aliphatic heterocycles. The number of aromatic nitrogens is 8. The molecule has 7 aromatic heterocycles. The van der Waals surface area contributed by atoms with Crippen LogP contribution in [0, 0.1) is 70.8 Å². The number of nitrogens with zero attached hydrogens (tertiary/aromatic N) is 15. The number of halogens is 3. The first kappa shape index (κ1) is 95.7. The van der Waals surface area contributed by atoms with Crippen LogP contribution in [-0.2, 0) is 0 Å². The Hall–Kier alpha value is -13.6. The van der Waals surface area contributed by atoms with Crippen LogP contribution in [-0.4, -0.2) is 236 Å². The molecule has 14 heterocycles. The van der Waals surface area contributed by atoms with E-state index in [2.05, 4.69) is 236 Å². The van der Waals surface area contributed by atoms with Gasteiger partial charge >= 0.3 is 0 Å². The van der Waals surface area contributed by atoms with Gasteiger partial charge in [-0.3, -0.25) is 54.9 Å². The number of likely N-dealkylation sites (N-methyl/N-ethyl adjacent to an activating group) is 2. The lowest BCUT2D eigenvalue weighted by Crippen LogP contribution is -2.43. The lowest BCUT2D eigenvalue weighted by atomic mass is 9.72. The number of aryl methyl sites for hydroxylation is 6. The summed E-state index contributed by atoms with van der Waals surface area (Å²) in [6, 6.07) is 45.8. The maximum Gasteiger partial charge on any atom is 0.161 e. The van der Waals surface area contributed by atoms with Crippen molar-refractivity contribution in [3.63, 3.8) is 0 Å². The molecule has 5 fully saturated rings. The summed E-state index contributed by atoms with van der Waals surface area (Å²) in [6.07, 6.45) is 29.2. The number of allylic oxidation sites excluding steroid dienone is 5. The number of aliphatic imine (C=N–C) groups is 5. The van der Waals surface area contributed by atoms with Crippen LogP contribution in [0.4, 0.5) is 47.3 Å². The zero-order chi connectivity index (χ0) is 96.5. The van der Waals surface area contributed by atoms with Crippen LogP contribution in [0.25, 0.3) is 99.0 Å². The van der Waals surface area contributed by atoms with E-state index in [1.54, 1.807) is 18.3 Å². The van der Waals surface area contributed by atoms with E-state index in [1.807, 2.05) is 83.8 Å². The second-order valence-corrected chi connectivity index (χ2v) is 38.7. The number of likely N-dealkylation sites (tertiary alicyclic amines) is 2. The largest absolute Gasteiger partial charge is 0.396 e. The minimum Gasteiger partial charge on any atom is -0.396 e. The SMILES string of the molecule is Cc1cc(NCC2CC(C)(O)C2)c2ccc(C3=CC=NC3)cc2n1.Cc1cc(NCC2CC2O)c2ccc(C3=CC=NC3)cc2n1.Cc1cc(NCCCO)c2cc(F)c(-n3cc(F)cn3)cc2n1.Cc1cc(N[C@@H]2CCN(C)C2)c2ccc(C3=CC=NC3)cc2n1.Cc1cc(N[C@H]2CCN(C)C2)c2ccc(C3=CC=NC3)cc2n1.Cc1cc(N[C@H]2CC[C@H](O)C2)c2cc(F)c(C3=CC=NC3)cc2n1. The molecular formula is C111H122F3N21O4. The molecule has 139 heavy (non-hydrogen) atoms. The van der Waals surface area contributed by atoms with Crippen molar-refractivity contribution in [2.24, 2.45) is 36.8 Å². The molecule has 28 heteroatoms. The molecule has 6 atom stereocenters. The molecule has 2 unspecified atom stereocenters. The lowest BCUT2D eigenvalue weighted by molar-refractivity contribution is -0.0523. The van der Waals surface area contributed by atoms with E-state index in [9.17, 15) is 28.5 Å². The van der Waals surface area contributed by atoms with Crippen LogP contribution in [0.15, 0.2) is 201 Å². The Morgan fingerprint density at radius 3 is 1.18 bits per heavy atom. The molecule has 2 saturated heterocycles. The van der Waals surface area contributed by atoms with Crippen molar-refractivity contribution in [1.29, 1.82) is 0 Å². The minimum atomic E-state index is -0.534. The summed E-state index contributed by atoms with van der Waals surface area (Å²) in [6.45, 7) is 24.3. The summed E-state index contributed by atoms with van der Waals surface area (Å²) < 4.78 is 43.3. The number of hydrogen-bond donors (Lipinski definition) is 10. The molecule has 0 bridgehead atoms. The smallest absolute Gasteiger partial charge is 0.161 e. The first-order chi connectivity index (χ1) is 67.3. The third-order valence-corrected chi connectivity index (χ3v) is 27.0. The van der Waals surface area contributed by atoms with Gasteiger partial charge in [0.1, 0.15) is 17.3 Å². The fourth-order valence-corrected chi connectivity index (χ4v) is 19.7. The van der Waals surface area contributed by atoms with E-state index in [-0.39, 0.29) is 36.4 Å². The Kier molecular flexibility index (Phi) is 29.5. The minimum absolute atomic E-state index is 0.0817. The predicted molar refractivity (Wildman–Crippen MR) is 564 cm³/mol. The van der Waals surface area contributed by atoms with Crippen LogP contribution in [0.5, 0.6) is 0 Å². The molecule has 0 radical (unpaired) electrons. The quantitative estimate of drug-likeness (QED) is 0.0282. The molecule has 0 spiro atoms. The van der Waals surface area contributed by atoms with Gasteiger partial charge in [0.25, 0.3) is 0 Å². The molecule has 10 N–H and O–H groups in total. The fourth-order valence-electron chi connectivity index (χ4n) is 19.7. The van der Waals surface area contributed by atoms with E-state index in [0.717, 1.165) is 227 Å². The van der Waals surface area contributed by atoms with Gasteiger partial charge in [0.15, 0.2) is 5.82 Å². The number of anilines is 6. The first-order valence-corrected chi connectivity index (χ1v) is 48.4. The highest BCUT2D eigenvalue weighted by Gasteiger charge is 2.38. The number of aliphatic hydroxyl groups excluding tert-OH is 3. The molecular weight excluding hydrogens is 1750 g/mol. The van der Waals surface area contributed by atoms with Crippen molar-refractivity contribution in [2.45, 2.75) is 142 Å². The van der Waals surface area contributed by atoms with E-state index < -0.39 is 17.2 Å². The number of aliphatic hydroxyl groups is 4. The second-order valence-electron chi connectivity index (χ2n) is 38.7. The predicted octanol–water partition coefficient (Wildman–Crippen LogP) is 18.9. The number of benzene rings is 6. The maximum absolute atomic E-state index is 14.6. The molecule has 10 aliphatic rings. The molecule has 13 aromatic rings. The maximum atomic E-state index is 14.6. The molecule has 3 aliphatic carbocycles. The van der Waals surface area contributed by atoms with Crippen molar-refractivity contribution in [3.8, 4) is 5.69 Å². The summed E-state index contributed by atoms with van der Waals surface area (Å²) in [5, 5.41) is 68.9. The highest BCUT2D eigenvalue weighted by atomic mass is 19.1. The Balaban J connectivity index is 0.000000111. The van der Waals surface area contributed by atoms with E-state index >= 15 is 0 Å². The zero-order valence-electron chi connectivity index (χ0n) is 80.4. The van der Waals surface area contributed by atoms with Gasteiger partial charge in [-0.05, 0) is 305 Å². The van der Waals surface area contributed by atoms with Crippen LogP contribution in [0.2, 0.25) is 0 Å². The fraction of sp³-hybridized carbons (Fsp3) is 0.351. The Bertz CT molecular complexity index is 6990. The van der Waals surface area contributed by atoms with Crippen molar-refractivity contribution in [3.05, 3.63) is 256 Å². The summed E-state index contributed by atoms with van der Waals surface area (Å²) in [5.41, 5.74) is 28.5. The average molecular weight is 1870 g/mol. The van der Waals surface area contributed by atoms with Gasteiger partial charge in [0, 0.05) is 201 Å². The van der Waals surface area contributed by atoms with Crippen molar-refractivity contribution in [1.82, 2.24) is 49.5 Å². The topological polar surface area (TPSA) is 317 Å². The summed E-state index contributed by atoms with van der Waals surface area (Å²) in [4.78, 5) is 53.8. The highest BCUT2D eigenvalue weighted by Crippen LogP contribution is 2.41. The molecule has 25 nitrogen and oxygen atoms in total. The third-order valence-electron chi connectivity index (χ3n) is 27.0. The van der Waals surface area contributed by atoms with E-state index in [1.165, 1.54) is 85.6 Å². The number of hydrogen-bond acceptors (Lipinski definition) is 24. The van der Waals surface area contributed by atoms with Crippen LogP contribution in [0.1, 0.15) is 127 Å². The monoisotopic (exact) mass is 1870 g/mol. The number of rotatable bonds is 22. The second kappa shape index (κ2) is 42.8. The Labute approximate surface area is 808 Å². The highest BCUT2D eigenvalue weighted by molar-refractivity contribution is 6.02. The van der Waals surface area contributed by atoms with Crippen LogP contribution in [0.3, 0.4) is 0 Å². The van der Waals surface area contributed by atoms with Crippen LogP contribution < -0.4 is 31.9 Å². The summed E-state index contributed by atoms with van der Waals surface area (Å²) in [7, 11) is 4.36. The number of nitrogens with one attached hydrogen (secondary N) is 6. The molecule has 3 saturated carbocycles. The lowest BCUT2D eigenvalue weighted by Gasteiger charge is -2.41. The summed E-state index contributed by atoms with van der Waals surface area (Å²) in [5.74, 6) is -0.365. The number of fused-ring (bicyclic) bond motifs is 6. The zero-order valence-corrected chi connectivity index (χ0v) is 80.4. The van der Waals surface area contributed by atoms with Gasteiger partial charge in [-0.25, -0.2) is 17.9 Å². The Morgan fingerprint density at radius 1 is 0.417 bits per heavy atom. The first-order valence-electron chi connectivity index (χ1n) is 48.4. The normalized spacial score (nSPS) is 20.9. The molecule has 0 amide bonds. The van der Waals surface area contributed by atoms with E-state index in [0.29, 0.717) is 59.9 Å². The van der Waals surface area contributed by atoms with Gasteiger partial charge in [-0.2, -0.15) is 5.10 Å². The van der Waals surface area contributed by atoms with Crippen LogP contribution >= 0.6 is 0 Å². The molecule has 23 rings (SSSR count). The van der Waals surface area contributed by atoms with E-state index in [4.69, 9.17) is 20.1 Å². The van der Waals surface area contributed by atoms with Gasteiger partial charge in [0.05, 0.1) is 96.0 Å². The van der Waals surface area contributed by atoms with Gasteiger partial charge in [0.2, 0.25) is 0 Å². The molecule has 716 valence electrons. The molecule has 6 aromatic carbocycles. The number of pyridine rings is 6. The van der Waals surface area contributed by atoms with Crippen molar-refractivity contribution in [2.75, 3.05) is 131 Å². The van der Waals surface area contributed by atoms with Gasteiger partial charge < -0.3 is 62.1 Å². The Morgan fingerprint density at radius 2 is 0.799 bits per heavy atom.